The first-order chi connectivity index (χ1) is 9.63. The number of thiazole rings is 1. The van der Waals surface area contributed by atoms with Crippen molar-refractivity contribution in [1.82, 2.24) is 4.98 Å². The summed E-state index contributed by atoms with van der Waals surface area (Å²) < 4.78 is 39.6. The van der Waals surface area contributed by atoms with Gasteiger partial charge in [-0.3, -0.25) is 0 Å². The van der Waals surface area contributed by atoms with Crippen molar-refractivity contribution in [1.29, 1.82) is 0 Å². The van der Waals surface area contributed by atoms with Crippen LogP contribution in [0.25, 0.3) is 10.2 Å². The molecule has 102 valence electrons. The molecule has 1 N–H and O–H groups in total. The first-order valence-electron chi connectivity index (χ1n) is 5.86. The van der Waals surface area contributed by atoms with Crippen LogP contribution in [0.2, 0.25) is 0 Å². The van der Waals surface area contributed by atoms with Gasteiger partial charge in [-0.2, -0.15) is 0 Å². The van der Waals surface area contributed by atoms with Gasteiger partial charge in [0.2, 0.25) is 0 Å². The molecule has 2 aromatic carbocycles. The Morgan fingerprint density at radius 3 is 2.50 bits per heavy atom. The van der Waals surface area contributed by atoms with Crippen molar-refractivity contribution in [2.75, 3.05) is 5.32 Å². The van der Waals surface area contributed by atoms with Crippen LogP contribution >= 0.6 is 11.3 Å². The predicted molar refractivity (Wildman–Crippen MR) is 73.3 cm³/mol. The second-order valence-electron chi connectivity index (χ2n) is 4.18. The molecule has 0 spiro atoms. The third kappa shape index (κ3) is 2.46. The Balaban J connectivity index is 1.81. The van der Waals surface area contributed by atoms with Gasteiger partial charge in [0, 0.05) is 5.69 Å². The van der Waals surface area contributed by atoms with Gasteiger partial charge < -0.3 is 5.32 Å². The summed E-state index contributed by atoms with van der Waals surface area (Å²) in [6.07, 6.45) is 0. The first-order valence-corrected chi connectivity index (χ1v) is 6.68. The normalized spacial score (nSPS) is 10.9. The van der Waals surface area contributed by atoms with Crippen LogP contribution < -0.4 is 5.32 Å². The highest BCUT2D eigenvalue weighted by Gasteiger charge is 2.12. The van der Waals surface area contributed by atoms with E-state index in [9.17, 15) is 13.2 Å². The van der Waals surface area contributed by atoms with E-state index < -0.39 is 11.6 Å². The number of benzene rings is 2. The lowest BCUT2D eigenvalue weighted by Crippen LogP contribution is -1.98. The lowest BCUT2D eigenvalue weighted by molar-refractivity contribution is 0.518. The van der Waals surface area contributed by atoms with E-state index in [1.807, 2.05) is 0 Å². The molecule has 20 heavy (non-hydrogen) atoms. The molecule has 2 nitrogen and oxygen atoms in total. The average molecular weight is 294 g/mol. The average Bonchev–Trinajstić information content (AvgIpc) is 2.86. The van der Waals surface area contributed by atoms with Crippen molar-refractivity contribution in [2.24, 2.45) is 0 Å². The second-order valence-corrected chi connectivity index (χ2v) is 5.26. The molecule has 0 saturated heterocycles. The van der Waals surface area contributed by atoms with Gasteiger partial charge in [-0.1, -0.05) is 0 Å². The van der Waals surface area contributed by atoms with Crippen LogP contribution in [0.3, 0.4) is 0 Å². The number of hydrogen-bond acceptors (Lipinski definition) is 3. The molecule has 0 atom stereocenters. The minimum absolute atomic E-state index is 0.209. The maximum atomic E-state index is 13.6. The molecule has 0 aliphatic rings. The minimum atomic E-state index is -0.876. The third-order valence-corrected chi connectivity index (χ3v) is 3.85. The Labute approximate surface area is 116 Å². The van der Waals surface area contributed by atoms with Crippen LogP contribution in [-0.4, -0.2) is 4.98 Å². The van der Waals surface area contributed by atoms with Crippen LogP contribution in [-0.2, 0) is 6.54 Å². The summed E-state index contributed by atoms with van der Waals surface area (Å²) in [5, 5.41) is 3.68. The number of aromatic nitrogens is 1. The molecule has 0 saturated carbocycles. The van der Waals surface area contributed by atoms with E-state index in [2.05, 4.69) is 10.3 Å². The Hall–Kier alpha value is -2.08. The number of hydrogen-bond donors (Lipinski definition) is 1. The zero-order valence-electron chi connectivity index (χ0n) is 10.2. The van der Waals surface area contributed by atoms with Crippen molar-refractivity contribution in [3.05, 3.63) is 58.9 Å². The molecule has 0 amide bonds. The molecule has 3 aromatic rings. The fourth-order valence-corrected chi connectivity index (χ4v) is 2.73. The molecule has 0 aliphatic carbocycles. The highest BCUT2D eigenvalue weighted by atomic mass is 32.1. The highest BCUT2D eigenvalue weighted by Crippen LogP contribution is 2.27. The number of nitrogens with zero attached hydrogens (tertiary/aromatic N) is 1. The van der Waals surface area contributed by atoms with Crippen LogP contribution in [0.1, 0.15) is 5.01 Å². The van der Waals surface area contributed by atoms with Crippen molar-refractivity contribution < 1.29 is 13.2 Å². The molecule has 0 radical (unpaired) electrons. The van der Waals surface area contributed by atoms with E-state index in [4.69, 9.17) is 0 Å². The van der Waals surface area contributed by atoms with Gasteiger partial charge in [0.05, 0.1) is 16.8 Å². The lowest BCUT2D eigenvalue weighted by atomic mass is 10.3. The third-order valence-electron chi connectivity index (χ3n) is 2.78. The van der Waals surface area contributed by atoms with Gasteiger partial charge in [0.15, 0.2) is 11.6 Å². The van der Waals surface area contributed by atoms with Crippen molar-refractivity contribution >= 4 is 27.2 Å². The van der Waals surface area contributed by atoms with Gasteiger partial charge in [0.1, 0.15) is 10.8 Å². The van der Waals surface area contributed by atoms with E-state index >= 15 is 0 Å². The van der Waals surface area contributed by atoms with E-state index in [-0.39, 0.29) is 10.5 Å². The summed E-state index contributed by atoms with van der Waals surface area (Å²) in [5.74, 6) is -2.06. The minimum Gasteiger partial charge on any atom is -0.379 e. The first kappa shape index (κ1) is 12.9. The van der Waals surface area contributed by atoms with E-state index in [1.54, 1.807) is 12.1 Å². The Kier molecular flexibility index (Phi) is 3.31. The van der Waals surface area contributed by atoms with Crippen molar-refractivity contribution in [3.8, 4) is 0 Å². The van der Waals surface area contributed by atoms with Gasteiger partial charge in [-0.05, 0) is 36.4 Å². The van der Waals surface area contributed by atoms with Crippen LogP contribution in [0.15, 0.2) is 36.4 Å². The molecule has 0 fully saturated rings. The van der Waals surface area contributed by atoms with Gasteiger partial charge in [0.25, 0.3) is 0 Å². The summed E-state index contributed by atoms with van der Waals surface area (Å²) in [4.78, 5) is 4.22. The molecule has 6 heteroatoms. The largest absolute Gasteiger partial charge is 0.379 e. The van der Waals surface area contributed by atoms with E-state index in [0.29, 0.717) is 17.1 Å². The number of halogens is 3. The van der Waals surface area contributed by atoms with Crippen molar-refractivity contribution in [2.45, 2.75) is 6.54 Å². The van der Waals surface area contributed by atoms with Crippen LogP contribution in [0.4, 0.5) is 18.9 Å². The van der Waals surface area contributed by atoms with Crippen molar-refractivity contribution in [3.63, 3.8) is 0 Å². The molecule has 1 aromatic heterocycles. The fraction of sp³-hybridized carbons (Fsp3) is 0.0714. The van der Waals surface area contributed by atoms with E-state index in [0.717, 1.165) is 23.1 Å². The Morgan fingerprint density at radius 2 is 1.75 bits per heavy atom. The SMILES string of the molecule is Fc1ccc(NCc2nc3ccc(F)c(F)c3s2)cc1. The van der Waals surface area contributed by atoms with Crippen LogP contribution in [0.5, 0.6) is 0 Å². The molecule has 0 aliphatic heterocycles. The Bertz CT molecular complexity index is 753. The zero-order valence-corrected chi connectivity index (χ0v) is 11.0. The second kappa shape index (κ2) is 5.13. The quantitative estimate of drug-likeness (QED) is 0.778. The topological polar surface area (TPSA) is 24.9 Å². The van der Waals surface area contributed by atoms with E-state index in [1.165, 1.54) is 18.2 Å². The van der Waals surface area contributed by atoms with Gasteiger partial charge in [-0.25, -0.2) is 18.2 Å². The summed E-state index contributed by atoms with van der Waals surface area (Å²) in [6.45, 7) is 0.367. The Morgan fingerprint density at radius 1 is 1.00 bits per heavy atom. The summed E-state index contributed by atoms with van der Waals surface area (Å²) in [6, 6.07) is 8.40. The molecule has 0 bridgehead atoms. The smallest absolute Gasteiger partial charge is 0.178 e. The maximum Gasteiger partial charge on any atom is 0.178 e. The highest BCUT2D eigenvalue weighted by molar-refractivity contribution is 7.18. The number of fused-ring (bicyclic) bond motifs is 1. The summed E-state index contributed by atoms with van der Waals surface area (Å²) in [7, 11) is 0. The monoisotopic (exact) mass is 294 g/mol. The summed E-state index contributed by atoms with van der Waals surface area (Å²) in [5.41, 5.74) is 1.17. The molecule has 3 rings (SSSR count). The van der Waals surface area contributed by atoms with Crippen LogP contribution in [0, 0.1) is 17.5 Å². The molecular formula is C14H9F3N2S. The van der Waals surface area contributed by atoms with Gasteiger partial charge >= 0.3 is 0 Å². The fourth-order valence-electron chi connectivity index (χ4n) is 1.80. The number of nitrogens with one attached hydrogen (secondary N) is 1. The standard InChI is InChI=1S/C14H9F3N2S/c15-8-1-3-9(4-2-8)18-7-12-19-11-6-5-10(16)13(17)14(11)20-12/h1-6,18H,7H2. The molecular weight excluding hydrogens is 285 g/mol. The predicted octanol–water partition coefficient (Wildman–Crippen LogP) is 4.33. The number of anilines is 1. The zero-order chi connectivity index (χ0) is 14.1. The lowest BCUT2D eigenvalue weighted by Gasteiger charge is -2.03. The molecule has 1 heterocycles. The maximum absolute atomic E-state index is 13.6. The number of rotatable bonds is 3. The molecule has 0 unspecified atom stereocenters. The van der Waals surface area contributed by atoms with Gasteiger partial charge in [-0.15, -0.1) is 11.3 Å². The summed E-state index contributed by atoms with van der Waals surface area (Å²) >= 11 is 1.10.